The molecule has 86 valence electrons. The van der Waals surface area contributed by atoms with Crippen molar-refractivity contribution < 1.29 is 0 Å². The Morgan fingerprint density at radius 3 is 1.73 bits per heavy atom. The minimum absolute atomic E-state index is 0.128. The monoisotopic (exact) mass is 208 g/mol. The fraction of sp³-hybridized carbons (Fsp3) is 1.00. The molecule has 0 unspecified atom stereocenters. The van der Waals surface area contributed by atoms with E-state index in [0.717, 1.165) is 17.8 Å². The van der Waals surface area contributed by atoms with E-state index in [0.29, 0.717) is 5.41 Å². The molecule has 0 aromatic rings. The molecule has 4 aliphatic rings. The summed E-state index contributed by atoms with van der Waals surface area (Å²) in [5.41, 5.74) is 3.74. The lowest BCUT2D eigenvalue weighted by atomic mass is 9.45. The molecule has 4 aliphatic carbocycles. The standard InChI is InChI=1S/C13H24N2/c1-12(2,15-14)13-6-9-3-10(7-13)5-11(4-9)8-13/h9-11,15H,3-8,14H2,1-2H3. The van der Waals surface area contributed by atoms with E-state index in [1.807, 2.05) is 0 Å². The summed E-state index contributed by atoms with van der Waals surface area (Å²) >= 11 is 0. The predicted octanol–water partition coefficient (Wildman–Crippen LogP) is 2.44. The Balaban J connectivity index is 1.93. The average Bonchev–Trinajstić information content (AvgIpc) is 2.15. The molecule has 4 rings (SSSR count). The topological polar surface area (TPSA) is 38.0 Å². The van der Waals surface area contributed by atoms with Crippen molar-refractivity contribution in [3.05, 3.63) is 0 Å². The third kappa shape index (κ3) is 1.31. The number of rotatable bonds is 2. The van der Waals surface area contributed by atoms with Gasteiger partial charge in [0.1, 0.15) is 0 Å². The van der Waals surface area contributed by atoms with E-state index in [4.69, 9.17) is 5.84 Å². The molecular formula is C13H24N2. The first-order valence-corrected chi connectivity index (χ1v) is 6.52. The first-order valence-electron chi connectivity index (χ1n) is 6.52. The maximum Gasteiger partial charge on any atom is 0.0321 e. The van der Waals surface area contributed by atoms with Gasteiger partial charge in [-0.15, -0.1) is 0 Å². The second-order valence-corrected chi connectivity index (χ2v) is 6.97. The van der Waals surface area contributed by atoms with Crippen molar-refractivity contribution in [3.63, 3.8) is 0 Å². The zero-order valence-electron chi connectivity index (χ0n) is 10.1. The number of hydrogen-bond acceptors (Lipinski definition) is 2. The van der Waals surface area contributed by atoms with Crippen molar-refractivity contribution in [2.75, 3.05) is 0 Å². The molecule has 0 spiro atoms. The molecule has 0 radical (unpaired) electrons. The average molecular weight is 208 g/mol. The highest BCUT2D eigenvalue weighted by Crippen LogP contribution is 2.63. The highest BCUT2D eigenvalue weighted by Gasteiger charge is 2.56. The summed E-state index contributed by atoms with van der Waals surface area (Å²) < 4.78 is 0. The molecule has 0 amide bonds. The van der Waals surface area contributed by atoms with Gasteiger partial charge in [0.25, 0.3) is 0 Å². The summed E-state index contributed by atoms with van der Waals surface area (Å²) in [5.74, 6) is 8.83. The number of hydrazine groups is 1. The quantitative estimate of drug-likeness (QED) is 0.540. The molecule has 2 nitrogen and oxygen atoms in total. The summed E-state index contributed by atoms with van der Waals surface area (Å²) in [4.78, 5) is 0. The minimum atomic E-state index is 0.128. The maximum absolute atomic E-state index is 5.78. The van der Waals surface area contributed by atoms with Crippen LogP contribution in [0.2, 0.25) is 0 Å². The van der Waals surface area contributed by atoms with E-state index in [2.05, 4.69) is 19.3 Å². The fourth-order valence-electron chi connectivity index (χ4n) is 5.03. The van der Waals surface area contributed by atoms with Crippen LogP contribution in [0.25, 0.3) is 0 Å². The van der Waals surface area contributed by atoms with E-state index in [1.165, 1.54) is 38.5 Å². The molecule has 0 aromatic heterocycles. The SMILES string of the molecule is CC(C)(NN)C12CC3CC(CC(C3)C1)C2. The molecule has 4 fully saturated rings. The van der Waals surface area contributed by atoms with Gasteiger partial charge in [-0.05, 0) is 75.5 Å². The van der Waals surface area contributed by atoms with Gasteiger partial charge in [-0.25, -0.2) is 0 Å². The van der Waals surface area contributed by atoms with Crippen LogP contribution in [0.15, 0.2) is 0 Å². The molecule has 0 saturated heterocycles. The van der Waals surface area contributed by atoms with Gasteiger partial charge in [0.15, 0.2) is 0 Å². The molecule has 4 bridgehead atoms. The molecule has 0 aromatic carbocycles. The van der Waals surface area contributed by atoms with Gasteiger partial charge in [-0.2, -0.15) is 0 Å². The van der Waals surface area contributed by atoms with E-state index in [9.17, 15) is 0 Å². The molecule has 3 N–H and O–H groups in total. The summed E-state index contributed by atoms with van der Waals surface area (Å²) in [6, 6.07) is 0. The Morgan fingerprint density at radius 1 is 1.00 bits per heavy atom. The van der Waals surface area contributed by atoms with Crippen molar-refractivity contribution in [1.29, 1.82) is 0 Å². The molecule has 0 aliphatic heterocycles. The van der Waals surface area contributed by atoms with E-state index in [1.54, 1.807) is 0 Å². The lowest BCUT2D eigenvalue weighted by Gasteiger charge is -2.62. The third-order valence-corrected chi connectivity index (χ3v) is 5.72. The van der Waals surface area contributed by atoms with Crippen LogP contribution in [0.5, 0.6) is 0 Å². The van der Waals surface area contributed by atoms with Crippen LogP contribution in [0.1, 0.15) is 52.4 Å². The fourth-order valence-corrected chi connectivity index (χ4v) is 5.03. The smallest absolute Gasteiger partial charge is 0.0321 e. The number of nitrogens with two attached hydrogens (primary N) is 1. The molecule has 4 saturated carbocycles. The first kappa shape index (κ1) is 10.1. The van der Waals surface area contributed by atoms with Crippen LogP contribution >= 0.6 is 0 Å². The second-order valence-electron chi connectivity index (χ2n) is 6.97. The van der Waals surface area contributed by atoms with Crippen LogP contribution in [0.4, 0.5) is 0 Å². The van der Waals surface area contributed by atoms with Crippen molar-refractivity contribution >= 4 is 0 Å². The van der Waals surface area contributed by atoms with Gasteiger partial charge >= 0.3 is 0 Å². The Labute approximate surface area is 93.0 Å². The van der Waals surface area contributed by atoms with E-state index in [-0.39, 0.29) is 5.54 Å². The van der Waals surface area contributed by atoms with E-state index < -0.39 is 0 Å². The summed E-state index contributed by atoms with van der Waals surface area (Å²) in [5, 5.41) is 0. The lowest BCUT2D eigenvalue weighted by molar-refractivity contribution is -0.0984. The van der Waals surface area contributed by atoms with Crippen LogP contribution in [-0.2, 0) is 0 Å². The van der Waals surface area contributed by atoms with Crippen molar-refractivity contribution in [2.45, 2.75) is 57.9 Å². The molecule has 15 heavy (non-hydrogen) atoms. The maximum atomic E-state index is 5.78. The Bertz CT molecular complexity index is 234. The summed E-state index contributed by atoms with van der Waals surface area (Å²) in [7, 11) is 0. The van der Waals surface area contributed by atoms with Crippen LogP contribution < -0.4 is 11.3 Å². The normalized spacial score (nSPS) is 48.6. The predicted molar refractivity (Wildman–Crippen MR) is 62.0 cm³/mol. The Hall–Kier alpha value is -0.0800. The molecule has 0 heterocycles. The zero-order chi connectivity index (χ0) is 10.7. The largest absolute Gasteiger partial charge is 0.271 e. The Morgan fingerprint density at radius 2 is 1.40 bits per heavy atom. The lowest BCUT2D eigenvalue weighted by Crippen LogP contribution is -2.63. The van der Waals surface area contributed by atoms with Crippen molar-refractivity contribution in [1.82, 2.24) is 5.43 Å². The van der Waals surface area contributed by atoms with Gasteiger partial charge in [-0.3, -0.25) is 11.3 Å². The second kappa shape index (κ2) is 2.98. The Kier molecular flexibility index (Phi) is 2.01. The van der Waals surface area contributed by atoms with Gasteiger partial charge < -0.3 is 0 Å². The van der Waals surface area contributed by atoms with Crippen molar-refractivity contribution in [2.24, 2.45) is 29.0 Å². The van der Waals surface area contributed by atoms with Gasteiger partial charge in [0.2, 0.25) is 0 Å². The van der Waals surface area contributed by atoms with Gasteiger partial charge in [-0.1, -0.05) is 0 Å². The van der Waals surface area contributed by atoms with E-state index >= 15 is 0 Å². The highest BCUT2D eigenvalue weighted by molar-refractivity contribution is 5.09. The van der Waals surface area contributed by atoms with Crippen LogP contribution in [-0.4, -0.2) is 5.54 Å². The van der Waals surface area contributed by atoms with Crippen molar-refractivity contribution in [3.8, 4) is 0 Å². The first-order chi connectivity index (χ1) is 7.05. The van der Waals surface area contributed by atoms with Gasteiger partial charge in [0, 0.05) is 5.54 Å². The molecule has 0 atom stereocenters. The van der Waals surface area contributed by atoms with Crippen LogP contribution in [0.3, 0.4) is 0 Å². The number of hydrogen-bond donors (Lipinski definition) is 2. The minimum Gasteiger partial charge on any atom is -0.271 e. The zero-order valence-corrected chi connectivity index (χ0v) is 10.1. The highest BCUT2D eigenvalue weighted by atomic mass is 15.3. The van der Waals surface area contributed by atoms with Crippen LogP contribution in [0, 0.1) is 23.2 Å². The number of nitrogens with one attached hydrogen (secondary N) is 1. The molecule has 2 heteroatoms. The third-order valence-electron chi connectivity index (χ3n) is 5.72. The molecular weight excluding hydrogens is 184 g/mol. The summed E-state index contributed by atoms with van der Waals surface area (Å²) in [6.45, 7) is 4.61. The summed E-state index contributed by atoms with van der Waals surface area (Å²) in [6.07, 6.45) is 8.82. The van der Waals surface area contributed by atoms with Gasteiger partial charge in [0.05, 0.1) is 0 Å².